The predicted octanol–water partition coefficient (Wildman–Crippen LogP) is 12.0. The highest BCUT2D eigenvalue weighted by molar-refractivity contribution is 5.53. The average molecular weight is 603 g/mol. The lowest BCUT2D eigenvalue weighted by Gasteiger charge is -2.19. The molecule has 0 heterocycles. The number of allylic oxidation sites excluding steroid dienone is 18. The Kier molecular flexibility index (Phi) is 15.2. The molecule has 0 N–H and O–H groups in total. The summed E-state index contributed by atoms with van der Waals surface area (Å²) in [6, 6.07) is 0. The molecule has 0 aromatic carbocycles. The lowest BCUT2D eigenvalue weighted by atomic mass is 10.0. The quantitative estimate of drug-likeness (QED) is 0.0619. The third kappa shape index (κ3) is 13.1. The van der Waals surface area contributed by atoms with Gasteiger partial charge in [-0.05, 0) is 53.4 Å². The molecular weight excluding hydrogens is 569 g/mol. The molecule has 0 amide bonds. The average Bonchev–Trinajstić information content (AvgIpc) is 2.92. The molecule has 0 radical (unpaired) electrons. The molecule has 1 nitrogen and oxygen atoms in total. The molecule has 0 atom stereocenters. The molecule has 0 spiro atoms. The first-order valence-corrected chi connectivity index (χ1v) is 12.2. The van der Waals surface area contributed by atoms with Crippen LogP contribution in [-0.2, 0) is 4.74 Å². The molecule has 0 rings (SSSR count). The van der Waals surface area contributed by atoms with Crippen molar-refractivity contribution in [2.24, 2.45) is 0 Å². The fraction of sp³-hybridized carbons (Fsp3) is 0.0857. The van der Waals surface area contributed by atoms with Gasteiger partial charge in [-0.15, -0.1) is 6.58 Å². The normalized spacial score (nSPS) is 12.8. The summed E-state index contributed by atoms with van der Waals surface area (Å²) in [5.74, 6) is -7.91. The molecule has 43 heavy (non-hydrogen) atoms. The minimum Gasteiger partial charge on any atom is -0.429 e. The minimum atomic E-state index is -4.46. The van der Waals surface area contributed by atoms with Crippen molar-refractivity contribution in [3.8, 4) is 0 Å². The number of alkyl halides is 2. The van der Waals surface area contributed by atoms with Gasteiger partial charge in [-0.25, -0.2) is 22.0 Å². The van der Waals surface area contributed by atoms with E-state index in [-0.39, 0.29) is 5.57 Å². The maximum atomic E-state index is 14.7. The SMILES string of the molecule is C=CCCC(=C)/C=C\C(=C)C(=C)/C=C(/F)C(=C)C(=C)/C=C(/F)C(=C)C(F)(F)OC(=C)/C=C(/F)C(=C)C(=C)/C=C(/F)C(=C)F. The maximum absolute atomic E-state index is 14.7. The summed E-state index contributed by atoms with van der Waals surface area (Å²) in [6.07, 6.45) is 4.12. The van der Waals surface area contributed by atoms with Crippen LogP contribution in [0.25, 0.3) is 0 Å². The van der Waals surface area contributed by atoms with E-state index in [4.69, 9.17) is 0 Å². The van der Waals surface area contributed by atoms with E-state index in [1.54, 1.807) is 18.2 Å². The summed E-state index contributed by atoms with van der Waals surface area (Å²) in [4.78, 5) is 0. The first-order valence-electron chi connectivity index (χ1n) is 12.2. The summed E-state index contributed by atoms with van der Waals surface area (Å²) in [6.45, 7) is 37.1. The molecule has 8 heteroatoms. The van der Waals surface area contributed by atoms with Crippen LogP contribution in [0.2, 0.25) is 0 Å². The van der Waals surface area contributed by atoms with Crippen molar-refractivity contribution in [1.82, 2.24) is 0 Å². The number of hydrogen-bond acceptors (Lipinski definition) is 1. The smallest absolute Gasteiger partial charge is 0.428 e. The van der Waals surface area contributed by atoms with Crippen LogP contribution in [0, 0.1) is 0 Å². The molecule has 0 aromatic rings. The van der Waals surface area contributed by atoms with E-state index in [1.165, 1.54) is 0 Å². The molecule has 0 aliphatic rings. The second-order valence-corrected chi connectivity index (χ2v) is 8.81. The zero-order valence-corrected chi connectivity index (χ0v) is 23.8. The van der Waals surface area contributed by atoms with Crippen LogP contribution in [0.1, 0.15) is 12.8 Å². The largest absolute Gasteiger partial charge is 0.429 e. The summed E-state index contributed by atoms with van der Waals surface area (Å²) >= 11 is 0. The molecule has 228 valence electrons. The van der Waals surface area contributed by atoms with Gasteiger partial charge in [0.25, 0.3) is 0 Å². The van der Waals surface area contributed by atoms with E-state index in [9.17, 15) is 30.7 Å². The second-order valence-electron chi connectivity index (χ2n) is 8.81. The molecule has 0 aromatic heterocycles. The van der Waals surface area contributed by atoms with Gasteiger partial charge in [-0.1, -0.05) is 89.6 Å². The molecule has 0 bridgehead atoms. The van der Waals surface area contributed by atoms with Gasteiger partial charge in [0.1, 0.15) is 23.2 Å². The Morgan fingerprint density at radius 1 is 0.581 bits per heavy atom. The number of hydrogen-bond donors (Lipinski definition) is 0. The van der Waals surface area contributed by atoms with Crippen LogP contribution < -0.4 is 0 Å². The fourth-order valence-corrected chi connectivity index (χ4v) is 2.60. The van der Waals surface area contributed by atoms with Crippen molar-refractivity contribution in [1.29, 1.82) is 0 Å². The Labute approximate surface area is 248 Å². The summed E-state index contributed by atoms with van der Waals surface area (Å²) in [7, 11) is 0. The number of halogens is 7. The molecule has 0 aliphatic heterocycles. The summed E-state index contributed by atoms with van der Waals surface area (Å²) in [5, 5.41) is 0. The van der Waals surface area contributed by atoms with Gasteiger partial charge < -0.3 is 4.74 Å². The first kappa shape index (κ1) is 38.2. The second kappa shape index (κ2) is 17.2. The van der Waals surface area contributed by atoms with E-state index in [0.29, 0.717) is 30.2 Å². The van der Waals surface area contributed by atoms with Gasteiger partial charge in [-0.2, -0.15) is 8.78 Å². The molecule has 0 saturated carbocycles. The van der Waals surface area contributed by atoms with Crippen molar-refractivity contribution in [2.75, 3.05) is 0 Å². The molecule has 0 saturated heterocycles. The van der Waals surface area contributed by atoms with Gasteiger partial charge in [0.2, 0.25) is 0 Å². The maximum Gasteiger partial charge on any atom is 0.428 e. The van der Waals surface area contributed by atoms with E-state index in [1.807, 2.05) is 0 Å². The minimum absolute atomic E-state index is 0.145. The monoisotopic (exact) mass is 602 g/mol. The van der Waals surface area contributed by atoms with Crippen molar-refractivity contribution < 1.29 is 35.5 Å². The summed E-state index contributed by atoms with van der Waals surface area (Å²) < 4.78 is 103. The number of ether oxygens (including phenoxy) is 1. The van der Waals surface area contributed by atoms with Crippen LogP contribution in [0.3, 0.4) is 0 Å². The predicted molar refractivity (Wildman–Crippen MR) is 164 cm³/mol. The van der Waals surface area contributed by atoms with Crippen LogP contribution in [0.5, 0.6) is 0 Å². The highest BCUT2D eigenvalue weighted by atomic mass is 19.3. The Morgan fingerprint density at radius 3 is 1.53 bits per heavy atom. The van der Waals surface area contributed by atoms with Crippen molar-refractivity contribution in [3.05, 3.63) is 194 Å². The lowest BCUT2D eigenvalue weighted by Crippen LogP contribution is -2.23. The zero-order chi connectivity index (χ0) is 33.7. The number of rotatable bonds is 19. The van der Waals surface area contributed by atoms with Crippen LogP contribution in [0.15, 0.2) is 194 Å². The van der Waals surface area contributed by atoms with Gasteiger partial charge in [0.05, 0.1) is 5.57 Å². The van der Waals surface area contributed by atoms with E-state index in [2.05, 4.69) is 77.1 Å². The molecule has 0 unspecified atom stereocenters. The Balaban J connectivity index is 5.54. The van der Waals surface area contributed by atoms with Crippen molar-refractivity contribution in [2.45, 2.75) is 19.0 Å². The van der Waals surface area contributed by atoms with E-state index < -0.39 is 68.9 Å². The molecule has 0 fully saturated rings. The Bertz CT molecular complexity index is 1440. The Hall–Kier alpha value is -4.85. The molecule has 0 aliphatic carbocycles. The van der Waals surface area contributed by atoms with Crippen molar-refractivity contribution in [3.63, 3.8) is 0 Å². The molecular formula is C35H33F7O. The highest BCUT2D eigenvalue weighted by Crippen LogP contribution is 2.35. The van der Waals surface area contributed by atoms with Crippen molar-refractivity contribution >= 4 is 0 Å². The van der Waals surface area contributed by atoms with Gasteiger partial charge >= 0.3 is 6.11 Å². The fourth-order valence-electron chi connectivity index (χ4n) is 2.60. The highest BCUT2D eigenvalue weighted by Gasteiger charge is 2.38. The first-order chi connectivity index (χ1) is 19.7. The van der Waals surface area contributed by atoms with E-state index in [0.717, 1.165) is 18.1 Å². The standard InChI is InChI=1S/C35H33F7O/c1-12-13-14-21(2)15-16-22(3)23(4)17-31(37)27(8)24(5)18-33(39)29(10)35(41,42)43-26(7)20-32(38)28(9)25(6)19-34(40)30(11)36/h12,15-20H,1-11,13-14H2/b16-15-,31-17+,32-20+,33-18+,34-19+. The van der Waals surface area contributed by atoms with Gasteiger partial charge in [0, 0.05) is 17.2 Å². The third-order valence-corrected chi connectivity index (χ3v) is 5.30. The van der Waals surface area contributed by atoms with Gasteiger partial charge in [0.15, 0.2) is 11.7 Å². The Morgan fingerprint density at radius 2 is 1.05 bits per heavy atom. The van der Waals surface area contributed by atoms with Crippen LogP contribution in [-0.4, -0.2) is 6.11 Å². The lowest BCUT2D eigenvalue weighted by molar-refractivity contribution is -0.177. The topological polar surface area (TPSA) is 9.23 Å². The zero-order valence-electron chi connectivity index (χ0n) is 23.8. The summed E-state index contributed by atoms with van der Waals surface area (Å²) in [5.41, 5.74) is -2.20. The third-order valence-electron chi connectivity index (χ3n) is 5.30. The van der Waals surface area contributed by atoms with E-state index >= 15 is 0 Å². The van der Waals surface area contributed by atoms with Crippen LogP contribution >= 0.6 is 0 Å². The van der Waals surface area contributed by atoms with Gasteiger partial charge in [-0.3, -0.25) is 0 Å². The van der Waals surface area contributed by atoms with Crippen LogP contribution in [0.4, 0.5) is 30.7 Å².